The Bertz CT molecular complexity index is 1140. The molecule has 9 heteroatoms. The number of halogens is 2. The summed E-state index contributed by atoms with van der Waals surface area (Å²) in [4.78, 5) is 24.2. The lowest BCUT2D eigenvalue weighted by atomic mass is 10.2. The summed E-state index contributed by atoms with van der Waals surface area (Å²) in [6.45, 7) is -0.216. The fourth-order valence-corrected chi connectivity index (χ4v) is 2.95. The third-order valence-electron chi connectivity index (χ3n) is 4.04. The van der Waals surface area contributed by atoms with Crippen LogP contribution in [0.2, 0.25) is 5.02 Å². The Morgan fingerprint density at radius 1 is 1.06 bits per heavy atom. The van der Waals surface area contributed by atoms with E-state index in [1.165, 1.54) is 13.3 Å². The molecule has 0 saturated heterocycles. The summed E-state index contributed by atoms with van der Waals surface area (Å²) >= 11 is 9.19. The monoisotopic (exact) mass is 516 g/mol. The lowest BCUT2D eigenvalue weighted by Crippen LogP contribution is -2.24. The van der Waals surface area contributed by atoms with Gasteiger partial charge in [0.2, 0.25) is 0 Å². The molecule has 0 aliphatic heterocycles. The van der Waals surface area contributed by atoms with E-state index in [1.54, 1.807) is 66.7 Å². The normalized spacial score (nSPS) is 10.6. The van der Waals surface area contributed by atoms with Gasteiger partial charge in [-0.2, -0.15) is 5.10 Å². The molecule has 3 rings (SSSR count). The first-order valence-corrected chi connectivity index (χ1v) is 10.5. The third-order valence-corrected chi connectivity index (χ3v) is 4.80. The Balaban J connectivity index is 1.56. The Hall–Kier alpha value is -3.36. The average molecular weight is 518 g/mol. The van der Waals surface area contributed by atoms with Gasteiger partial charge in [0.15, 0.2) is 18.1 Å². The minimum absolute atomic E-state index is 0.216. The van der Waals surface area contributed by atoms with E-state index >= 15 is 0 Å². The Morgan fingerprint density at radius 2 is 1.84 bits per heavy atom. The van der Waals surface area contributed by atoms with Crippen LogP contribution in [0.15, 0.2) is 76.3 Å². The van der Waals surface area contributed by atoms with Gasteiger partial charge < -0.3 is 14.2 Å². The van der Waals surface area contributed by atoms with E-state index in [9.17, 15) is 9.59 Å². The van der Waals surface area contributed by atoms with Crippen molar-refractivity contribution in [1.29, 1.82) is 0 Å². The topological polar surface area (TPSA) is 86.2 Å². The number of methoxy groups -OCH3 is 1. The number of carbonyl (C=O) groups is 2. The standard InChI is InChI=1S/C23H18BrClN2O5/c1-30-21-11-15(5-10-20(21)32-23(29)16-6-8-17(24)9-7-16)13-26-27-22(28)14-31-19-4-2-3-18(25)12-19/h2-13H,14H2,1H3,(H,27,28). The van der Waals surface area contributed by atoms with Gasteiger partial charge in [0, 0.05) is 9.50 Å². The second kappa shape index (κ2) is 11.3. The molecule has 3 aromatic carbocycles. The number of benzene rings is 3. The number of hydrogen-bond donors (Lipinski definition) is 1. The zero-order chi connectivity index (χ0) is 22.9. The van der Waals surface area contributed by atoms with Crippen molar-refractivity contribution in [1.82, 2.24) is 5.43 Å². The molecular weight excluding hydrogens is 500 g/mol. The molecule has 0 aliphatic carbocycles. The van der Waals surface area contributed by atoms with Crippen LogP contribution in [0.3, 0.4) is 0 Å². The molecule has 0 aromatic heterocycles. The quantitative estimate of drug-likeness (QED) is 0.200. The summed E-state index contributed by atoms with van der Waals surface area (Å²) in [5.41, 5.74) is 3.40. The second-order valence-electron chi connectivity index (χ2n) is 6.35. The predicted molar refractivity (Wildman–Crippen MR) is 125 cm³/mol. The van der Waals surface area contributed by atoms with Gasteiger partial charge in [-0.05, 0) is 66.2 Å². The van der Waals surface area contributed by atoms with E-state index in [1.807, 2.05) is 0 Å². The molecule has 0 spiro atoms. The highest BCUT2D eigenvalue weighted by Gasteiger charge is 2.13. The number of nitrogens with one attached hydrogen (secondary N) is 1. The van der Waals surface area contributed by atoms with Gasteiger partial charge in [-0.1, -0.05) is 33.6 Å². The molecule has 0 radical (unpaired) electrons. The molecule has 0 heterocycles. The number of hydrazone groups is 1. The van der Waals surface area contributed by atoms with Crippen LogP contribution in [-0.2, 0) is 4.79 Å². The number of esters is 1. The molecule has 32 heavy (non-hydrogen) atoms. The van der Waals surface area contributed by atoms with Gasteiger partial charge in [-0.3, -0.25) is 4.79 Å². The molecule has 0 fully saturated rings. The minimum Gasteiger partial charge on any atom is -0.493 e. The van der Waals surface area contributed by atoms with E-state index in [4.69, 9.17) is 25.8 Å². The summed E-state index contributed by atoms with van der Waals surface area (Å²) in [5.74, 6) is 0.138. The number of hydrogen-bond acceptors (Lipinski definition) is 6. The number of rotatable bonds is 8. The number of nitrogens with zero attached hydrogens (tertiary/aromatic N) is 1. The van der Waals surface area contributed by atoms with Crippen molar-refractivity contribution in [3.8, 4) is 17.2 Å². The highest BCUT2D eigenvalue weighted by molar-refractivity contribution is 9.10. The van der Waals surface area contributed by atoms with Crippen LogP contribution >= 0.6 is 27.5 Å². The van der Waals surface area contributed by atoms with Crippen molar-refractivity contribution in [3.63, 3.8) is 0 Å². The van der Waals surface area contributed by atoms with Crippen LogP contribution in [0.25, 0.3) is 0 Å². The first kappa shape index (κ1) is 23.3. The molecule has 0 saturated carbocycles. The molecule has 1 amide bonds. The van der Waals surface area contributed by atoms with Crippen LogP contribution in [0, 0.1) is 0 Å². The molecule has 1 N–H and O–H groups in total. The smallest absolute Gasteiger partial charge is 0.343 e. The number of amides is 1. The Labute approximate surface area is 198 Å². The molecule has 0 unspecified atom stereocenters. The molecule has 3 aromatic rings. The lowest BCUT2D eigenvalue weighted by molar-refractivity contribution is -0.123. The van der Waals surface area contributed by atoms with Crippen molar-refractivity contribution >= 4 is 45.6 Å². The van der Waals surface area contributed by atoms with Crippen molar-refractivity contribution in [2.75, 3.05) is 13.7 Å². The summed E-state index contributed by atoms with van der Waals surface area (Å²) in [5, 5.41) is 4.41. The summed E-state index contributed by atoms with van der Waals surface area (Å²) < 4.78 is 16.9. The van der Waals surface area contributed by atoms with Crippen molar-refractivity contribution in [2.45, 2.75) is 0 Å². The largest absolute Gasteiger partial charge is 0.493 e. The SMILES string of the molecule is COc1cc(C=NNC(=O)COc2cccc(Cl)c2)ccc1OC(=O)c1ccc(Br)cc1. The van der Waals surface area contributed by atoms with E-state index in [0.29, 0.717) is 27.6 Å². The number of carbonyl (C=O) groups excluding carboxylic acids is 2. The molecular formula is C23H18BrClN2O5. The lowest BCUT2D eigenvalue weighted by Gasteiger charge is -2.10. The van der Waals surface area contributed by atoms with E-state index in [0.717, 1.165) is 4.47 Å². The van der Waals surface area contributed by atoms with Gasteiger partial charge in [0.1, 0.15) is 5.75 Å². The van der Waals surface area contributed by atoms with Gasteiger partial charge in [0.05, 0.1) is 18.9 Å². The maximum absolute atomic E-state index is 12.3. The fraction of sp³-hybridized carbons (Fsp3) is 0.0870. The Kier molecular flexibility index (Phi) is 8.24. The van der Waals surface area contributed by atoms with Crippen LogP contribution < -0.4 is 19.6 Å². The first-order valence-electron chi connectivity index (χ1n) is 9.30. The highest BCUT2D eigenvalue weighted by Crippen LogP contribution is 2.28. The first-order chi connectivity index (χ1) is 15.4. The van der Waals surface area contributed by atoms with E-state index in [2.05, 4.69) is 26.5 Å². The molecule has 164 valence electrons. The second-order valence-corrected chi connectivity index (χ2v) is 7.70. The van der Waals surface area contributed by atoms with Crippen molar-refractivity contribution in [2.24, 2.45) is 5.10 Å². The fourth-order valence-electron chi connectivity index (χ4n) is 2.51. The molecule has 0 aliphatic rings. The minimum atomic E-state index is -0.510. The predicted octanol–water partition coefficient (Wildman–Crippen LogP) is 4.86. The van der Waals surface area contributed by atoms with Crippen LogP contribution in [0.4, 0.5) is 0 Å². The van der Waals surface area contributed by atoms with E-state index < -0.39 is 11.9 Å². The molecule has 0 atom stereocenters. The van der Waals surface area contributed by atoms with Crippen LogP contribution in [-0.4, -0.2) is 31.8 Å². The summed E-state index contributed by atoms with van der Waals surface area (Å²) in [6.07, 6.45) is 1.43. The van der Waals surface area contributed by atoms with Gasteiger partial charge in [0.25, 0.3) is 5.91 Å². The molecule has 7 nitrogen and oxygen atoms in total. The maximum atomic E-state index is 12.3. The third kappa shape index (κ3) is 6.83. The van der Waals surface area contributed by atoms with Gasteiger partial charge in [-0.15, -0.1) is 0 Å². The van der Waals surface area contributed by atoms with E-state index in [-0.39, 0.29) is 12.4 Å². The Morgan fingerprint density at radius 3 is 2.56 bits per heavy atom. The molecule has 0 bridgehead atoms. The highest BCUT2D eigenvalue weighted by atomic mass is 79.9. The maximum Gasteiger partial charge on any atom is 0.343 e. The van der Waals surface area contributed by atoms with Crippen molar-refractivity contribution < 1.29 is 23.8 Å². The average Bonchev–Trinajstić information content (AvgIpc) is 2.79. The van der Waals surface area contributed by atoms with Gasteiger partial charge in [-0.25, -0.2) is 10.2 Å². The van der Waals surface area contributed by atoms with Crippen LogP contribution in [0.1, 0.15) is 15.9 Å². The summed E-state index contributed by atoms with van der Waals surface area (Å²) in [6, 6.07) is 18.4. The zero-order valence-corrected chi connectivity index (χ0v) is 19.2. The van der Waals surface area contributed by atoms with Gasteiger partial charge >= 0.3 is 5.97 Å². The number of ether oxygens (including phenoxy) is 3. The van der Waals surface area contributed by atoms with Crippen molar-refractivity contribution in [3.05, 3.63) is 87.4 Å². The summed E-state index contributed by atoms with van der Waals surface area (Å²) in [7, 11) is 1.46. The zero-order valence-electron chi connectivity index (χ0n) is 16.9. The van der Waals surface area contributed by atoms with Crippen LogP contribution in [0.5, 0.6) is 17.2 Å².